The highest BCUT2D eigenvalue weighted by molar-refractivity contribution is 6.13. The summed E-state index contributed by atoms with van der Waals surface area (Å²) in [5.41, 5.74) is 10.9. The van der Waals surface area contributed by atoms with E-state index >= 15 is 0 Å². The van der Waals surface area contributed by atoms with E-state index in [1.807, 2.05) is 12.1 Å². The van der Waals surface area contributed by atoms with Gasteiger partial charge in [0.05, 0.1) is 34.3 Å². The number of para-hydroxylation sites is 4. The molecule has 8 rings (SSSR count). The standard InChI is InChI=1S/C38H25N3/c1-25-11-10-16-33(39-2)38(25)41-35-18-9-7-15-30(35)32-24-27(20-22-37(32)41)26-19-21-36-31(23-26)29-14-6-8-17-34(29)40(36)28-12-4-3-5-13-28/h3-24H,1H3. The van der Waals surface area contributed by atoms with Crippen LogP contribution in [0.2, 0.25) is 0 Å². The smallest absolute Gasteiger partial charge is 0.210 e. The summed E-state index contributed by atoms with van der Waals surface area (Å²) in [6.45, 7) is 9.92. The molecular formula is C38H25N3. The highest BCUT2D eigenvalue weighted by atomic mass is 15.0. The highest BCUT2D eigenvalue weighted by Crippen LogP contribution is 2.40. The quantitative estimate of drug-likeness (QED) is 0.205. The molecule has 8 aromatic rings. The molecule has 192 valence electrons. The summed E-state index contributed by atoms with van der Waals surface area (Å²) in [6, 6.07) is 47.2. The van der Waals surface area contributed by atoms with Gasteiger partial charge in [-0.25, -0.2) is 4.85 Å². The molecule has 0 amide bonds. The minimum atomic E-state index is 0.664. The Morgan fingerprint density at radius 2 is 1.02 bits per heavy atom. The Morgan fingerprint density at radius 1 is 0.488 bits per heavy atom. The monoisotopic (exact) mass is 523 g/mol. The van der Waals surface area contributed by atoms with Gasteiger partial charge in [0.1, 0.15) is 0 Å². The van der Waals surface area contributed by atoms with Crippen LogP contribution in [-0.2, 0) is 0 Å². The van der Waals surface area contributed by atoms with E-state index in [1.165, 1.54) is 43.7 Å². The maximum atomic E-state index is 7.84. The third-order valence-corrected chi connectivity index (χ3v) is 8.25. The fourth-order valence-electron chi connectivity index (χ4n) is 6.43. The third kappa shape index (κ3) is 3.45. The maximum Gasteiger partial charge on any atom is 0.210 e. The number of aryl methyl sites for hydroxylation is 1. The van der Waals surface area contributed by atoms with Gasteiger partial charge < -0.3 is 9.13 Å². The average molecular weight is 524 g/mol. The first-order valence-corrected chi connectivity index (χ1v) is 13.8. The van der Waals surface area contributed by atoms with Crippen molar-refractivity contribution in [3.05, 3.63) is 150 Å². The van der Waals surface area contributed by atoms with Crippen molar-refractivity contribution in [3.8, 4) is 22.5 Å². The SMILES string of the molecule is [C-]#[N+]c1cccc(C)c1-n1c2ccccc2c2cc(-c3ccc4c(c3)c3ccccc3n4-c3ccccc3)ccc21. The molecule has 3 nitrogen and oxygen atoms in total. The van der Waals surface area contributed by atoms with Crippen LogP contribution in [0.1, 0.15) is 5.56 Å². The van der Waals surface area contributed by atoms with Crippen molar-refractivity contribution in [1.29, 1.82) is 0 Å². The van der Waals surface area contributed by atoms with E-state index in [0.717, 1.165) is 28.0 Å². The summed E-state index contributed by atoms with van der Waals surface area (Å²) in [4.78, 5) is 3.87. The molecule has 0 aliphatic rings. The lowest BCUT2D eigenvalue weighted by atomic mass is 10.0. The summed E-state index contributed by atoms with van der Waals surface area (Å²) in [5, 5.41) is 4.86. The lowest BCUT2D eigenvalue weighted by Gasteiger charge is -2.13. The first kappa shape index (κ1) is 23.3. The zero-order chi connectivity index (χ0) is 27.5. The van der Waals surface area contributed by atoms with Crippen LogP contribution < -0.4 is 0 Å². The molecular weight excluding hydrogens is 498 g/mol. The third-order valence-electron chi connectivity index (χ3n) is 8.25. The molecule has 0 aliphatic heterocycles. The second kappa shape index (κ2) is 8.98. The van der Waals surface area contributed by atoms with E-state index in [-0.39, 0.29) is 0 Å². The fourth-order valence-corrected chi connectivity index (χ4v) is 6.43. The van der Waals surface area contributed by atoms with Crippen LogP contribution in [0.3, 0.4) is 0 Å². The Bertz CT molecular complexity index is 2330. The second-order valence-electron chi connectivity index (χ2n) is 10.6. The van der Waals surface area contributed by atoms with Crippen LogP contribution in [0.25, 0.3) is 71.0 Å². The summed E-state index contributed by atoms with van der Waals surface area (Å²) in [7, 11) is 0. The molecule has 0 aliphatic carbocycles. The van der Waals surface area contributed by atoms with Crippen LogP contribution in [0.5, 0.6) is 0 Å². The number of nitrogens with zero attached hydrogens (tertiary/aromatic N) is 3. The number of rotatable bonds is 3. The van der Waals surface area contributed by atoms with Gasteiger partial charge in [-0.05, 0) is 72.1 Å². The molecule has 41 heavy (non-hydrogen) atoms. The molecule has 0 saturated carbocycles. The Hall–Kier alpha value is -5.59. The molecule has 0 atom stereocenters. The molecule has 0 spiro atoms. The van der Waals surface area contributed by atoms with Crippen LogP contribution >= 0.6 is 0 Å². The van der Waals surface area contributed by atoms with Gasteiger partial charge >= 0.3 is 0 Å². The topological polar surface area (TPSA) is 14.2 Å². The first-order valence-electron chi connectivity index (χ1n) is 13.8. The molecule has 2 heterocycles. The van der Waals surface area contributed by atoms with Crippen LogP contribution in [0, 0.1) is 13.5 Å². The summed E-state index contributed by atoms with van der Waals surface area (Å²) >= 11 is 0. The molecule has 0 radical (unpaired) electrons. The van der Waals surface area contributed by atoms with Gasteiger partial charge in [-0.1, -0.05) is 84.9 Å². The van der Waals surface area contributed by atoms with E-state index in [1.54, 1.807) is 0 Å². The van der Waals surface area contributed by atoms with Gasteiger partial charge in [-0.3, -0.25) is 0 Å². The maximum absolute atomic E-state index is 7.84. The largest absolute Gasteiger partial charge is 0.319 e. The number of fused-ring (bicyclic) bond motifs is 6. The second-order valence-corrected chi connectivity index (χ2v) is 10.6. The van der Waals surface area contributed by atoms with Gasteiger partial charge in [0.25, 0.3) is 0 Å². The fraction of sp³-hybridized carbons (Fsp3) is 0.0263. The van der Waals surface area contributed by atoms with Gasteiger partial charge in [0.2, 0.25) is 5.69 Å². The van der Waals surface area contributed by atoms with Crippen molar-refractivity contribution < 1.29 is 0 Å². The van der Waals surface area contributed by atoms with E-state index in [2.05, 4.69) is 142 Å². The zero-order valence-corrected chi connectivity index (χ0v) is 22.5. The number of hydrogen-bond donors (Lipinski definition) is 0. The van der Waals surface area contributed by atoms with E-state index in [4.69, 9.17) is 6.57 Å². The number of benzene rings is 6. The summed E-state index contributed by atoms with van der Waals surface area (Å²) in [5.74, 6) is 0. The van der Waals surface area contributed by atoms with Crippen molar-refractivity contribution in [1.82, 2.24) is 9.13 Å². The summed E-state index contributed by atoms with van der Waals surface area (Å²) < 4.78 is 4.61. The highest BCUT2D eigenvalue weighted by Gasteiger charge is 2.18. The van der Waals surface area contributed by atoms with Gasteiger partial charge in [0.15, 0.2) is 0 Å². The van der Waals surface area contributed by atoms with Crippen LogP contribution in [0.15, 0.2) is 133 Å². The lowest BCUT2D eigenvalue weighted by molar-refractivity contribution is 1.16. The molecule has 6 aromatic carbocycles. The lowest BCUT2D eigenvalue weighted by Crippen LogP contribution is -1.97. The van der Waals surface area contributed by atoms with Gasteiger partial charge in [-0.2, -0.15) is 0 Å². The molecule has 0 saturated heterocycles. The minimum Gasteiger partial charge on any atom is -0.319 e. The predicted octanol–water partition coefficient (Wildman–Crippen LogP) is 10.4. The first-order chi connectivity index (χ1) is 20.2. The van der Waals surface area contributed by atoms with Crippen molar-refractivity contribution in [3.63, 3.8) is 0 Å². The zero-order valence-electron chi connectivity index (χ0n) is 22.5. The van der Waals surface area contributed by atoms with Gasteiger partial charge in [0, 0.05) is 27.2 Å². The molecule has 3 heteroatoms. The molecule has 0 unspecified atom stereocenters. The predicted molar refractivity (Wildman–Crippen MR) is 172 cm³/mol. The van der Waals surface area contributed by atoms with E-state index < -0.39 is 0 Å². The number of aromatic nitrogens is 2. The van der Waals surface area contributed by atoms with Crippen molar-refractivity contribution in [2.75, 3.05) is 0 Å². The Balaban J connectivity index is 1.37. The van der Waals surface area contributed by atoms with Crippen LogP contribution in [-0.4, -0.2) is 9.13 Å². The van der Waals surface area contributed by atoms with Crippen molar-refractivity contribution in [2.24, 2.45) is 0 Å². The normalized spacial score (nSPS) is 11.5. The molecule has 0 N–H and O–H groups in total. The van der Waals surface area contributed by atoms with Crippen LogP contribution in [0.4, 0.5) is 5.69 Å². The van der Waals surface area contributed by atoms with E-state index in [9.17, 15) is 0 Å². The average Bonchev–Trinajstić information content (AvgIpc) is 3.53. The van der Waals surface area contributed by atoms with Crippen molar-refractivity contribution in [2.45, 2.75) is 6.92 Å². The minimum absolute atomic E-state index is 0.664. The summed E-state index contributed by atoms with van der Waals surface area (Å²) in [6.07, 6.45) is 0. The Morgan fingerprint density at radius 3 is 1.66 bits per heavy atom. The molecule has 2 aromatic heterocycles. The van der Waals surface area contributed by atoms with E-state index in [0.29, 0.717) is 5.69 Å². The van der Waals surface area contributed by atoms with Gasteiger partial charge in [-0.15, -0.1) is 0 Å². The van der Waals surface area contributed by atoms with Crippen molar-refractivity contribution >= 4 is 49.3 Å². The number of hydrogen-bond acceptors (Lipinski definition) is 0. The molecule has 0 fully saturated rings. The Kier molecular flexibility index (Phi) is 5.10. The molecule has 0 bridgehead atoms. The Labute approximate surface area is 238 Å².